The Morgan fingerprint density at radius 3 is 3.33 bits per heavy atom. The van der Waals surface area contributed by atoms with E-state index in [0.29, 0.717) is 0 Å². The average Bonchev–Trinajstić information content (AvgIpc) is 2.66. The van der Waals surface area contributed by atoms with Crippen molar-refractivity contribution in [3.63, 3.8) is 0 Å². The number of nitrogens with zero attached hydrogens (tertiary/aromatic N) is 1. The van der Waals surface area contributed by atoms with Crippen LogP contribution in [0.2, 0.25) is 0 Å². The number of rotatable bonds is 2. The van der Waals surface area contributed by atoms with Crippen LogP contribution in [0.25, 0.3) is 0 Å². The Morgan fingerprint density at radius 1 is 1.60 bits per heavy atom. The van der Waals surface area contributed by atoms with Gasteiger partial charge < -0.3 is 9.73 Å². The molecule has 3 heteroatoms. The fraction of sp³-hybridized carbons (Fsp3) is 0.667. The molecule has 15 heavy (non-hydrogen) atoms. The summed E-state index contributed by atoms with van der Waals surface area (Å²) in [6.45, 7) is 7.98. The molecule has 0 aliphatic carbocycles. The van der Waals surface area contributed by atoms with Gasteiger partial charge in [-0.05, 0) is 38.0 Å². The Kier molecular flexibility index (Phi) is 3.80. The van der Waals surface area contributed by atoms with E-state index in [1.165, 1.54) is 25.1 Å². The van der Waals surface area contributed by atoms with Gasteiger partial charge in [0.05, 0.1) is 12.5 Å². The van der Waals surface area contributed by atoms with E-state index in [9.17, 15) is 0 Å². The minimum atomic E-state index is 0.734. The summed E-state index contributed by atoms with van der Waals surface area (Å²) in [4.78, 5) is 2.52. The molecule has 84 valence electrons. The van der Waals surface area contributed by atoms with E-state index in [-0.39, 0.29) is 0 Å². The maximum Gasteiger partial charge on any atom is 0.0947 e. The van der Waals surface area contributed by atoms with Gasteiger partial charge in [-0.3, -0.25) is 4.90 Å². The Labute approximate surface area is 91.4 Å². The van der Waals surface area contributed by atoms with Crippen LogP contribution in [-0.4, -0.2) is 31.1 Å². The standard InChI is InChI=1S/C12H20N2O/c1-11-7-13-4-2-5-14(8-11)9-12-3-6-15-10-12/h3,6,10-11,13H,2,4-5,7-9H2,1H3. The lowest BCUT2D eigenvalue weighted by Crippen LogP contribution is -2.38. The van der Waals surface area contributed by atoms with E-state index >= 15 is 0 Å². The molecule has 1 fully saturated rings. The number of nitrogens with one attached hydrogen (secondary N) is 1. The normalized spacial score (nSPS) is 24.7. The van der Waals surface area contributed by atoms with Crippen LogP contribution in [0, 0.1) is 5.92 Å². The molecule has 1 unspecified atom stereocenters. The molecular weight excluding hydrogens is 188 g/mol. The van der Waals surface area contributed by atoms with Gasteiger partial charge in [0.15, 0.2) is 0 Å². The highest BCUT2D eigenvalue weighted by molar-refractivity contribution is 5.04. The van der Waals surface area contributed by atoms with E-state index in [0.717, 1.165) is 25.6 Å². The second kappa shape index (κ2) is 5.33. The molecule has 0 amide bonds. The van der Waals surface area contributed by atoms with Gasteiger partial charge in [0.25, 0.3) is 0 Å². The summed E-state index contributed by atoms with van der Waals surface area (Å²) < 4.78 is 5.10. The molecule has 1 aliphatic heterocycles. The first-order valence-electron chi connectivity index (χ1n) is 5.79. The van der Waals surface area contributed by atoms with Gasteiger partial charge in [0, 0.05) is 18.7 Å². The molecule has 3 nitrogen and oxygen atoms in total. The summed E-state index contributed by atoms with van der Waals surface area (Å²) in [7, 11) is 0. The van der Waals surface area contributed by atoms with E-state index in [2.05, 4.69) is 23.2 Å². The average molecular weight is 208 g/mol. The number of hydrogen-bond donors (Lipinski definition) is 1. The molecule has 2 rings (SSSR count). The summed E-state index contributed by atoms with van der Waals surface area (Å²) in [6.07, 6.45) is 4.84. The van der Waals surface area contributed by atoms with Gasteiger partial charge in [0.2, 0.25) is 0 Å². The van der Waals surface area contributed by atoms with Crippen molar-refractivity contribution in [2.24, 2.45) is 5.92 Å². The van der Waals surface area contributed by atoms with Crippen LogP contribution in [0.15, 0.2) is 23.0 Å². The van der Waals surface area contributed by atoms with Crippen molar-refractivity contribution in [2.45, 2.75) is 19.9 Å². The Morgan fingerprint density at radius 2 is 2.53 bits per heavy atom. The predicted octanol–water partition coefficient (Wildman–Crippen LogP) is 1.71. The first-order valence-corrected chi connectivity index (χ1v) is 5.79. The van der Waals surface area contributed by atoms with E-state index in [4.69, 9.17) is 4.42 Å². The molecule has 0 bridgehead atoms. The van der Waals surface area contributed by atoms with Gasteiger partial charge in [-0.15, -0.1) is 0 Å². The van der Waals surface area contributed by atoms with Crippen LogP contribution >= 0.6 is 0 Å². The summed E-state index contributed by atoms with van der Waals surface area (Å²) in [5.41, 5.74) is 1.29. The van der Waals surface area contributed by atoms with Crippen LogP contribution in [0.5, 0.6) is 0 Å². The Bertz CT molecular complexity index is 271. The predicted molar refractivity (Wildman–Crippen MR) is 60.6 cm³/mol. The second-order valence-corrected chi connectivity index (χ2v) is 4.53. The fourth-order valence-electron chi connectivity index (χ4n) is 2.16. The van der Waals surface area contributed by atoms with Gasteiger partial charge in [-0.1, -0.05) is 6.92 Å². The molecule has 0 spiro atoms. The van der Waals surface area contributed by atoms with E-state index < -0.39 is 0 Å². The highest BCUT2D eigenvalue weighted by atomic mass is 16.3. The van der Waals surface area contributed by atoms with Crippen molar-refractivity contribution in [3.05, 3.63) is 24.2 Å². The second-order valence-electron chi connectivity index (χ2n) is 4.53. The summed E-state index contributed by atoms with van der Waals surface area (Å²) >= 11 is 0. The highest BCUT2D eigenvalue weighted by Gasteiger charge is 2.13. The van der Waals surface area contributed by atoms with E-state index in [1.54, 1.807) is 6.26 Å². The molecule has 1 atom stereocenters. The minimum absolute atomic E-state index is 0.734. The zero-order valence-electron chi connectivity index (χ0n) is 9.41. The molecule has 0 saturated carbocycles. The Balaban J connectivity index is 1.88. The van der Waals surface area contributed by atoms with Crippen LogP contribution in [0.4, 0.5) is 0 Å². The van der Waals surface area contributed by atoms with Crippen LogP contribution in [0.3, 0.4) is 0 Å². The third-order valence-electron chi connectivity index (χ3n) is 2.88. The van der Waals surface area contributed by atoms with Crippen molar-refractivity contribution in [3.8, 4) is 0 Å². The minimum Gasteiger partial charge on any atom is -0.472 e. The van der Waals surface area contributed by atoms with Crippen LogP contribution in [0.1, 0.15) is 18.9 Å². The summed E-state index contributed by atoms with van der Waals surface area (Å²) in [5.74, 6) is 0.734. The van der Waals surface area contributed by atoms with Crippen molar-refractivity contribution in [2.75, 3.05) is 26.2 Å². The monoisotopic (exact) mass is 208 g/mol. The van der Waals surface area contributed by atoms with Crippen molar-refractivity contribution < 1.29 is 4.42 Å². The molecule has 1 aromatic rings. The molecule has 1 saturated heterocycles. The quantitative estimate of drug-likeness (QED) is 0.802. The zero-order chi connectivity index (χ0) is 10.5. The third kappa shape index (κ3) is 3.36. The Hall–Kier alpha value is -0.800. The molecule has 0 radical (unpaired) electrons. The van der Waals surface area contributed by atoms with Gasteiger partial charge in [-0.2, -0.15) is 0 Å². The first kappa shape index (κ1) is 10.7. The molecule has 2 heterocycles. The van der Waals surface area contributed by atoms with Crippen molar-refractivity contribution >= 4 is 0 Å². The molecule has 1 aromatic heterocycles. The zero-order valence-corrected chi connectivity index (χ0v) is 9.41. The van der Waals surface area contributed by atoms with Crippen LogP contribution in [-0.2, 0) is 6.54 Å². The SMILES string of the molecule is CC1CNCCCN(Cc2ccoc2)C1. The lowest BCUT2D eigenvalue weighted by Gasteiger charge is -2.28. The maximum absolute atomic E-state index is 5.10. The lowest BCUT2D eigenvalue weighted by molar-refractivity contribution is 0.208. The number of furan rings is 1. The number of hydrogen-bond acceptors (Lipinski definition) is 3. The summed E-state index contributed by atoms with van der Waals surface area (Å²) in [5, 5.41) is 3.47. The fourth-order valence-corrected chi connectivity index (χ4v) is 2.16. The molecule has 1 aliphatic rings. The van der Waals surface area contributed by atoms with Crippen molar-refractivity contribution in [1.82, 2.24) is 10.2 Å². The first-order chi connectivity index (χ1) is 7.34. The lowest BCUT2D eigenvalue weighted by atomic mass is 10.1. The summed E-state index contributed by atoms with van der Waals surface area (Å²) in [6, 6.07) is 2.06. The van der Waals surface area contributed by atoms with E-state index in [1.807, 2.05) is 6.26 Å². The molecule has 0 aromatic carbocycles. The molecular formula is C12H20N2O. The largest absolute Gasteiger partial charge is 0.472 e. The maximum atomic E-state index is 5.10. The van der Waals surface area contributed by atoms with Gasteiger partial charge in [-0.25, -0.2) is 0 Å². The van der Waals surface area contributed by atoms with Crippen molar-refractivity contribution in [1.29, 1.82) is 0 Å². The topological polar surface area (TPSA) is 28.4 Å². The third-order valence-corrected chi connectivity index (χ3v) is 2.88. The smallest absolute Gasteiger partial charge is 0.0947 e. The van der Waals surface area contributed by atoms with Gasteiger partial charge >= 0.3 is 0 Å². The van der Waals surface area contributed by atoms with Gasteiger partial charge in [0.1, 0.15) is 0 Å². The molecule has 1 N–H and O–H groups in total. The highest BCUT2D eigenvalue weighted by Crippen LogP contribution is 2.09. The van der Waals surface area contributed by atoms with Crippen LogP contribution < -0.4 is 5.32 Å².